The highest BCUT2D eigenvalue weighted by atomic mass is 19.4. The van der Waals surface area contributed by atoms with Gasteiger partial charge in [-0.2, -0.15) is 13.2 Å². The molecule has 4 aromatic rings. The summed E-state index contributed by atoms with van der Waals surface area (Å²) in [6, 6.07) is 16.8. The Hall–Kier alpha value is -4.21. The number of alkyl halides is 3. The summed E-state index contributed by atoms with van der Waals surface area (Å²) >= 11 is 0. The molecule has 0 aliphatic rings. The zero-order valence-electron chi connectivity index (χ0n) is 18.5. The second-order valence-electron chi connectivity index (χ2n) is 7.91. The molecule has 1 aromatic heterocycles. The number of benzene rings is 3. The molecule has 0 radical (unpaired) electrons. The molecule has 0 aliphatic carbocycles. The topological polar surface area (TPSA) is 78.9 Å². The Labute approximate surface area is 198 Å². The van der Waals surface area contributed by atoms with E-state index in [-0.39, 0.29) is 17.5 Å². The molecule has 0 aliphatic heterocycles. The van der Waals surface area contributed by atoms with E-state index in [0.717, 1.165) is 28.5 Å². The molecule has 0 saturated carbocycles. The van der Waals surface area contributed by atoms with Gasteiger partial charge in [0, 0.05) is 34.6 Å². The van der Waals surface area contributed by atoms with Crippen LogP contribution in [-0.4, -0.2) is 28.8 Å². The number of carbonyl (C=O) groups excluding carboxylic acids is 1. The molecular weight excluding hydrogens is 462 g/mol. The first kappa shape index (κ1) is 23.9. The number of nitrogens with one attached hydrogen (secondary N) is 3. The molecule has 0 fully saturated rings. The molecule has 3 N–H and O–H groups in total. The zero-order valence-corrected chi connectivity index (χ0v) is 18.5. The number of aromatic nitrogens is 2. The number of halogens is 4. The number of nitrogens with zero attached hydrogens (tertiary/aromatic N) is 2. The van der Waals surface area contributed by atoms with E-state index in [1.807, 2.05) is 24.3 Å². The third-order valence-corrected chi connectivity index (χ3v) is 5.23. The van der Waals surface area contributed by atoms with E-state index in [2.05, 4.69) is 26.1 Å². The second kappa shape index (κ2) is 9.96. The van der Waals surface area contributed by atoms with Crippen molar-refractivity contribution in [2.45, 2.75) is 19.1 Å². The Balaban J connectivity index is 1.40. The molecular formula is C25H21F4N5O. The van der Waals surface area contributed by atoms with Gasteiger partial charge in [0.05, 0.1) is 5.56 Å². The predicted octanol–water partition coefficient (Wildman–Crippen LogP) is 6.08. The van der Waals surface area contributed by atoms with E-state index in [1.165, 1.54) is 24.3 Å². The third kappa shape index (κ3) is 5.84. The number of anilines is 2. The van der Waals surface area contributed by atoms with Gasteiger partial charge in [-0.05, 0) is 55.5 Å². The second-order valence-corrected chi connectivity index (χ2v) is 7.91. The van der Waals surface area contributed by atoms with Crippen LogP contribution in [0.3, 0.4) is 0 Å². The molecule has 0 unspecified atom stereocenters. The monoisotopic (exact) mass is 483 g/mol. The van der Waals surface area contributed by atoms with Gasteiger partial charge in [-0.1, -0.05) is 24.3 Å². The number of fused-ring (bicyclic) bond motifs is 1. The average molecular weight is 483 g/mol. The summed E-state index contributed by atoms with van der Waals surface area (Å²) in [5.41, 5.74) is 0.800. The van der Waals surface area contributed by atoms with E-state index in [4.69, 9.17) is 0 Å². The fraction of sp³-hybridized carbons (Fsp3) is 0.160. The molecule has 1 heterocycles. The van der Waals surface area contributed by atoms with Crippen molar-refractivity contribution in [2.24, 2.45) is 0 Å². The summed E-state index contributed by atoms with van der Waals surface area (Å²) in [5.74, 6) is 0.177. The van der Waals surface area contributed by atoms with Crippen molar-refractivity contribution in [3.05, 3.63) is 84.2 Å². The first-order valence-corrected chi connectivity index (χ1v) is 10.7. The van der Waals surface area contributed by atoms with E-state index >= 15 is 0 Å². The van der Waals surface area contributed by atoms with Gasteiger partial charge in [-0.15, -0.1) is 10.2 Å². The molecule has 1 atom stereocenters. The van der Waals surface area contributed by atoms with Crippen LogP contribution in [0.25, 0.3) is 22.0 Å². The first-order chi connectivity index (χ1) is 16.7. The summed E-state index contributed by atoms with van der Waals surface area (Å²) in [4.78, 5) is 12.2. The van der Waals surface area contributed by atoms with Crippen molar-refractivity contribution in [2.75, 3.05) is 17.2 Å². The van der Waals surface area contributed by atoms with Crippen LogP contribution in [0.1, 0.15) is 12.5 Å². The number of rotatable bonds is 6. The highest BCUT2D eigenvalue weighted by Gasteiger charge is 2.30. The lowest BCUT2D eigenvalue weighted by atomic mass is 10.0. The van der Waals surface area contributed by atoms with Crippen LogP contribution < -0.4 is 16.0 Å². The van der Waals surface area contributed by atoms with Crippen LogP contribution in [0.2, 0.25) is 0 Å². The number of hydrogen-bond donors (Lipinski definition) is 3. The predicted molar refractivity (Wildman–Crippen MR) is 126 cm³/mol. The van der Waals surface area contributed by atoms with Gasteiger partial charge in [0.2, 0.25) is 0 Å². The minimum absolute atomic E-state index is 0.240. The van der Waals surface area contributed by atoms with Gasteiger partial charge in [0.1, 0.15) is 11.5 Å². The lowest BCUT2D eigenvalue weighted by Gasteiger charge is -2.17. The van der Waals surface area contributed by atoms with Gasteiger partial charge in [0.25, 0.3) is 0 Å². The third-order valence-electron chi connectivity index (χ3n) is 5.23. The van der Waals surface area contributed by atoms with E-state index in [1.54, 1.807) is 19.1 Å². The SMILES string of the molecule is C[C@@H](CNc1nnc(-c2ccc(F)cc2)c2ccccc12)NC(=O)Nc1ccc(C(F)(F)F)cc1. The number of carbonyl (C=O) groups is 1. The van der Waals surface area contributed by atoms with E-state index in [0.29, 0.717) is 18.1 Å². The molecule has 4 rings (SSSR count). The first-order valence-electron chi connectivity index (χ1n) is 10.7. The van der Waals surface area contributed by atoms with Gasteiger partial charge >= 0.3 is 12.2 Å². The van der Waals surface area contributed by atoms with E-state index in [9.17, 15) is 22.4 Å². The van der Waals surface area contributed by atoms with Crippen molar-refractivity contribution in [3.8, 4) is 11.3 Å². The summed E-state index contributed by atoms with van der Waals surface area (Å²) in [6.45, 7) is 2.08. The number of amides is 2. The van der Waals surface area contributed by atoms with Crippen LogP contribution >= 0.6 is 0 Å². The summed E-state index contributed by atoms with van der Waals surface area (Å²) in [5, 5.41) is 18.6. The fourth-order valence-electron chi connectivity index (χ4n) is 3.49. The Bertz CT molecular complexity index is 1320. The molecule has 6 nitrogen and oxygen atoms in total. The van der Waals surface area contributed by atoms with Crippen molar-refractivity contribution >= 4 is 28.3 Å². The van der Waals surface area contributed by atoms with Crippen molar-refractivity contribution in [1.29, 1.82) is 0 Å². The maximum absolute atomic E-state index is 13.3. The summed E-state index contributed by atoms with van der Waals surface area (Å²) in [6.07, 6.45) is -4.44. The van der Waals surface area contributed by atoms with Crippen molar-refractivity contribution in [1.82, 2.24) is 15.5 Å². The number of urea groups is 1. The molecule has 0 bridgehead atoms. The van der Waals surface area contributed by atoms with Crippen LogP contribution in [0.4, 0.5) is 33.9 Å². The fourth-order valence-corrected chi connectivity index (χ4v) is 3.49. The molecule has 10 heteroatoms. The summed E-state index contributed by atoms with van der Waals surface area (Å²) in [7, 11) is 0. The van der Waals surface area contributed by atoms with Crippen LogP contribution in [0.5, 0.6) is 0 Å². The maximum Gasteiger partial charge on any atom is 0.416 e. The molecule has 180 valence electrons. The molecule has 35 heavy (non-hydrogen) atoms. The van der Waals surface area contributed by atoms with Gasteiger partial charge in [-0.25, -0.2) is 9.18 Å². The number of hydrogen-bond acceptors (Lipinski definition) is 4. The van der Waals surface area contributed by atoms with Gasteiger partial charge in [0.15, 0.2) is 5.82 Å². The van der Waals surface area contributed by atoms with Crippen LogP contribution in [0.15, 0.2) is 72.8 Å². The largest absolute Gasteiger partial charge is 0.416 e. The summed E-state index contributed by atoms with van der Waals surface area (Å²) < 4.78 is 51.3. The van der Waals surface area contributed by atoms with E-state index < -0.39 is 17.8 Å². The van der Waals surface area contributed by atoms with Crippen molar-refractivity contribution < 1.29 is 22.4 Å². The molecule has 0 saturated heterocycles. The molecule has 0 spiro atoms. The molecule has 3 aromatic carbocycles. The molecule has 2 amide bonds. The Morgan fingerprint density at radius 1 is 0.914 bits per heavy atom. The van der Waals surface area contributed by atoms with Crippen molar-refractivity contribution in [3.63, 3.8) is 0 Å². The quantitative estimate of drug-likeness (QED) is 0.291. The highest BCUT2D eigenvalue weighted by Crippen LogP contribution is 2.30. The smallest absolute Gasteiger partial charge is 0.366 e. The minimum Gasteiger partial charge on any atom is -0.366 e. The lowest BCUT2D eigenvalue weighted by molar-refractivity contribution is -0.137. The average Bonchev–Trinajstić information content (AvgIpc) is 2.83. The van der Waals surface area contributed by atoms with Gasteiger partial charge in [-0.3, -0.25) is 0 Å². The van der Waals surface area contributed by atoms with Gasteiger partial charge < -0.3 is 16.0 Å². The lowest BCUT2D eigenvalue weighted by Crippen LogP contribution is -2.40. The van der Waals surface area contributed by atoms with Crippen LogP contribution in [-0.2, 0) is 6.18 Å². The van der Waals surface area contributed by atoms with Crippen LogP contribution in [0, 0.1) is 5.82 Å². The minimum atomic E-state index is -4.44. The maximum atomic E-state index is 13.3. The Morgan fingerprint density at radius 3 is 2.23 bits per heavy atom. The zero-order chi connectivity index (χ0) is 25.0. The standard InChI is InChI=1S/C25H21F4N5O/c1-15(31-24(35)32-19-12-8-17(9-13-19)25(27,28)29)14-30-23-21-5-3-2-4-20(21)22(33-34-23)16-6-10-18(26)11-7-16/h2-13,15H,14H2,1H3,(H,30,34)(H2,31,32,35)/t15-/m0/s1. The normalized spacial score (nSPS) is 12.3. The Kier molecular flexibility index (Phi) is 6.81. The Morgan fingerprint density at radius 2 is 1.57 bits per heavy atom. The highest BCUT2D eigenvalue weighted by molar-refractivity contribution is 6.00.